The van der Waals surface area contributed by atoms with Gasteiger partial charge in [0.25, 0.3) is 0 Å². The van der Waals surface area contributed by atoms with Crippen molar-refractivity contribution in [2.24, 2.45) is 0 Å². The molecule has 0 atom stereocenters. The topological polar surface area (TPSA) is 59.3 Å². The molecule has 0 fully saturated rings. The van der Waals surface area contributed by atoms with E-state index >= 15 is 0 Å². The van der Waals surface area contributed by atoms with Crippen LogP contribution in [0.1, 0.15) is 5.82 Å². The summed E-state index contributed by atoms with van der Waals surface area (Å²) < 4.78 is 1.87. The third-order valence-electron chi connectivity index (χ3n) is 3.92. The summed E-state index contributed by atoms with van der Waals surface area (Å²) in [6, 6.07) is 20.2. The Morgan fingerprint density at radius 1 is 1.00 bits per heavy atom. The van der Waals surface area contributed by atoms with Gasteiger partial charge in [0.2, 0.25) is 5.91 Å². The van der Waals surface area contributed by atoms with Gasteiger partial charge < -0.3 is 5.32 Å². The quantitative estimate of drug-likeness (QED) is 0.562. The molecule has 0 saturated heterocycles. The van der Waals surface area contributed by atoms with Crippen molar-refractivity contribution in [3.05, 3.63) is 72.7 Å². The lowest BCUT2D eigenvalue weighted by atomic mass is 10.1. The normalized spacial score (nSPS) is 11.0. The van der Waals surface area contributed by atoms with Crippen LogP contribution >= 0.6 is 11.8 Å². The SMILES string of the molecule is O=C(CSc1ccc2ccccc2c1)NCc1nnc2ccccn12. The first kappa shape index (κ1) is 15.7. The number of nitrogens with one attached hydrogen (secondary N) is 1. The van der Waals surface area contributed by atoms with Crippen molar-refractivity contribution in [1.82, 2.24) is 19.9 Å². The summed E-state index contributed by atoms with van der Waals surface area (Å²) in [5, 5.41) is 13.5. The molecule has 0 aliphatic heterocycles. The summed E-state index contributed by atoms with van der Waals surface area (Å²) in [6.07, 6.45) is 1.89. The monoisotopic (exact) mass is 348 g/mol. The predicted octanol–water partition coefficient (Wildman–Crippen LogP) is 3.29. The second-order valence-corrected chi connectivity index (χ2v) is 6.67. The Kier molecular flexibility index (Phi) is 4.35. The van der Waals surface area contributed by atoms with Crippen molar-refractivity contribution >= 4 is 34.1 Å². The van der Waals surface area contributed by atoms with Crippen LogP contribution in [0.15, 0.2) is 71.8 Å². The maximum absolute atomic E-state index is 12.1. The van der Waals surface area contributed by atoms with E-state index in [-0.39, 0.29) is 5.91 Å². The molecular weight excluding hydrogens is 332 g/mol. The molecule has 2 aromatic carbocycles. The van der Waals surface area contributed by atoms with Crippen molar-refractivity contribution in [1.29, 1.82) is 0 Å². The average molecular weight is 348 g/mol. The Hall–Kier alpha value is -2.86. The van der Waals surface area contributed by atoms with Crippen LogP contribution in [0.3, 0.4) is 0 Å². The standard InChI is InChI=1S/C19H16N4OS/c24-19(20-12-18-22-21-17-7-3-4-10-23(17)18)13-25-16-9-8-14-5-1-2-6-15(14)11-16/h1-11H,12-13H2,(H,20,24). The molecule has 6 heteroatoms. The summed E-state index contributed by atoms with van der Waals surface area (Å²) in [6.45, 7) is 0.363. The zero-order valence-corrected chi connectivity index (χ0v) is 14.2. The first-order chi connectivity index (χ1) is 12.3. The number of pyridine rings is 1. The van der Waals surface area contributed by atoms with Crippen LogP contribution in [0.25, 0.3) is 16.4 Å². The van der Waals surface area contributed by atoms with Gasteiger partial charge in [-0.15, -0.1) is 22.0 Å². The summed E-state index contributed by atoms with van der Waals surface area (Å²) in [5.41, 5.74) is 0.775. The number of nitrogens with zero attached hydrogens (tertiary/aromatic N) is 3. The van der Waals surface area contributed by atoms with E-state index in [9.17, 15) is 4.79 Å². The van der Waals surface area contributed by atoms with Gasteiger partial charge in [0, 0.05) is 11.1 Å². The van der Waals surface area contributed by atoms with Crippen molar-refractivity contribution < 1.29 is 4.79 Å². The van der Waals surface area contributed by atoms with Gasteiger partial charge in [0.15, 0.2) is 11.5 Å². The van der Waals surface area contributed by atoms with Gasteiger partial charge in [-0.3, -0.25) is 9.20 Å². The average Bonchev–Trinajstić information content (AvgIpc) is 3.08. The number of benzene rings is 2. The molecule has 0 spiro atoms. The molecule has 4 aromatic rings. The molecule has 0 saturated carbocycles. The van der Waals surface area contributed by atoms with E-state index in [1.807, 2.05) is 47.0 Å². The van der Waals surface area contributed by atoms with Crippen LogP contribution < -0.4 is 5.32 Å². The maximum atomic E-state index is 12.1. The van der Waals surface area contributed by atoms with E-state index in [0.717, 1.165) is 16.4 Å². The van der Waals surface area contributed by atoms with Crippen LogP contribution in [0.4, 0.5) is 0 Å². The summed E-state index contributed by atoms with van der Waals surface area (Å²) in [5.74, 6) is 1.07. The number of fused-ring (bicyclic) bond motifs is 2. The second kappa shape index (κ2) is 6.94. The van der Waals surface area contributed by atoms with E-state index in [1.165, 1.54) is 22.5 Å². The van der Waals surface area contributed by atoms with Gasteiger partial charge >= 0.3 is 0 Å². The smallest absolute Gasteiger partial charge is 0.230 e. The molecule has 25 heavy (non-hydrogen) atoms. The Morgan fingerprint density at radius 2 is 1.84 bits per heavy atom. The van der Waals surface area contributed by atoms with Gasteiger partial charge in [-0.1, -0.05) is 36.4 Å². The predicted molar refractivity (Wildman–Crippen MR) is 99.5 cm³/mol. The number of thioether (sulfide) groups is 1. The molecular formula is C19H16N4OS. The molecule has 0 aliphatic carbocycles. The van der Waals surface area contributed by atoms with Crippen molar-refractivity contribution in [2.75, 3.05) is 5.75 Å². The molecule has 2 aromatic heterocycles. The van der Waals surface area contributed by atoms with E-state index < -0.39 is 0 Å². The van der Waals surface area contributed by atoms with Gasteiger partial charge in [-0.05, 0) is 35.0 Å². The third-order valence-corrected chi connectivity index (χ3v) is 4.91. The van der Waals surface area contributed by atoms with E-state index in [2.05, 4.69) is 39.8 Å². The zero-order chi connectivity index (χ0) is 17.1. The minimum absolute atomic E-state index is 0.0224. The number of aromatic nitrogens is 3. The Balaban J connectivity index is 1.35. The summed E-state index contributed by atoms with van der Waals surface area (Å²) in [7, 11) is 0. The van der Waals surface area contributed by atoms with Crippen LogP contribution in [0.2, 0.25) is 0 Å². The molecule has 5 nitrogen and oxygen atoms in total. The van der Waals surface area contributed by atoms with Crippen LogP contribution in [0.5, 0.6) is 0 Å². The number of hydrogen-bond acceptors (Lipinski definition) is 4. The highest BCUT2D eigenvalue weighted by Crippen LogP contribution is 2.23. The molecule has 4 rings (SSSR count). The number of rotatable bonds is 5. The Bertz CT molecular complexity index is 1040. The number of hydrogen-bond donors (Lipinski definition) is 1. The minimum Gasteiger partial charge on any atom is -0.348 e. The van der Waals surface area contributed by atoms with Gasteiger partial charge in [-0.2, -0.15) is 0 Å². The van der Waals surface area contributed by atoms with E-state index in [0.29, 0.717) is 12.3 Å². The van der Waals surface area contributed by atoms with E-state index in [4.69, 9.17) is 0 Å². The lowest BCUT2D eigenvalue weighted by Crippen LogP contribution is -2.25. The minimum atomic E-state index is -0.0224. The summed E-state index contributed by atoms with van der Waals surface area (Å²) >= 11 is 1.53. The maximum Gasteiger partial charge on any atom is 0.230 e. The van der Waals surface area contributed by atoms with Crippen molar-refractivity contribution in [3.63, 3.8) is 0 Å². The lowest BCUT2D eigenvalue weighted by molar-refractivity contribution is -0.118. The fraction of sp³-hybridized carbons (Fsp3) is 0.105. The molecule has 1 amide bonds. The highest BCUT2D eigenvalue weighted by Gasteiger charge is 2.07. The molecule has 0 radical (unpaired) electrons. The van der Waals surface area contributed by atoms with Crippen molar-refractivity contribution in [2.45, 2.75) is 11.4 Å². The molecule has 1 N–H and O–H groups in total. The van der Waals surface area contributed by atoms with Gasteiger partial charge in [-0.25, -0.2) is 0 Å². The highest BCUT2D eigenvalue weighted by atomic mass is 32.2. The Labute approximate surface area is 149 Å². The zero-order valence-electron chi connectivity index (χ0n) is 13.4. The summed E-state index contributed by atoms with van der Waals surface area (Å²) in [4.78, 5) is 13.2. The third kappa shape index (κ3) is 3.49. The molecule has 124 valence electrons. The van der Waals surface area contributed by atoms with Crippen molar-refractivity contribution in [3.8, 4) is 0 Å². The van der Waals surface area contributed by atoms with Gasteiger partial charge in [0.1, 0.15) is 0 Å². The van der Waals surface area contributed by atoms with Crippen LogP contribution in [-0.2, 0) is 11.3 Å². The molecule has 0 bridgehead atoms. The highest BCUT2D eigenvalue weighted by molar-refractivity contribution is 8.00. The number of carbonyl (C=O) groups excluding carboxylic acids is 1. The lowest BCUT2D eigenvalue weighted by Gasteiger charge is -2.05. The molecule has 2 heterocycles. The first-order valence-corrected chi connectivity index (χ1v) is 8.95. The largest absolute Gasteiger partial charge is 0.348 e. The Morgan fingerprint density at radius 3 is 2.76 bits per heavy atom. The van der Waals surface area contributed by atoms with E-state index in [1.54, 1.807) is 0 Å². The van der Waals surface area contributed by atoms with Crippen LogP contribution in [-0.4, -0.2) is 26.3 Å². The van der Waals surface area contributed by atoms with Gasteiger partial charge in [0.05, 0.1) is 12.3 Å². The fourth-order valence-electron chi connectivity index (χ4n) is 2.65. The number of amides is 1. The fourth-order valence-corrected chi connectivity index (χ4v) is 3.42. The second-order valence-electron chi connectivity index (χ2n) is 5.62. The molecule has 0 aliphatic rings. The first-order valence-electron chi connectivity index (χ1n) is 7.96. The molecule has 0 unspecified atom stereocenters. The van der Waals surface area contributed by atoms with Crippen LogP contribution in [0, 0.1) is 0 Å². The number of carbonyl (C=O) groups is 1.